The minimum Gasteiger partial charge on any atom is -0.310 e. The number of nitrogens with zero attached hydrogens (tertiary/aromatic N) is 2. The fourth-order valence-electron chi connectivity index (χ4n) is 8.82. The second kappa shape index (κ2) is 11.6. The van der Waals surface area contributed by atoms with Crippen molar-refractivity contribution in [1.82, 2.24) is 4.57 Å². The number of para-hydroxylation sites is 2. The lowest BCUT2D eigenvalue weighted by molar-refractivity contribution is 1.19. The normalized spacial score (nSPS) is 11.8. The minimum atomic E-state index is 1.15. The molecule has 0 aliphatic carbocycles. The highest BCUT2D eigenvalue weighted by Crippen LogP contribution is 2.45. The molecular weight excluding hydrogens is 629 g/mol. The average molecular weight is 667 g/mol. The summed E-state index contributed by atoms with van der Waals surface area (Å²) in [5.74, 6) is 0. The van der Waals surface area contributed by atoms with Crippen LogP contribution < -0.4 is 4.90 Å². The van der Waals surface area contributed by atoms with E-state index in [9.17, 15) is 0 Å². The van der Waals surface area contributed by atoms with E-state index in [-0.39, 0.29) is 0 Å². The molecule has 0 N–H and O–H groups in total. The van der Waals surface area contributed by atoms with Gasteiger partial charge < -0.3 is 9.47 Å². The van der Waals surface area contributed by atoms with Gasteiger partial charge in [-0.05, 0) is 149 Å². The number of aryl methyl sites for hydroxylation is 4. The smallest absolute Gasteiger partial charge is 0.0620 e. The van der Waals surface area contributed by atoms with Crippen LogP contribution in [0.4, 0.5) is 17.1 Å². The summed E-state index contributed by atoms with van der Waals surface area (Å²) in [6.07, 6.45) is 0. The Balaban J connectivity index is 1.17. The molecular formula is C50H38N2. The van der Waals surface area contributed by atoms with Gasteiger partial charge in [0.1, 0.15) is 0 Å². The van der Waals surface area contributed by atoms with Crippen LogP contribution in [-0.2, 0) is 0 Å². The van der Waals surface area contributed by atoms with Crippen LogP contribution in [0.15, 0.2) is 158 Å². The van der Waals surface area contributed by atoms with E-state index in [0.29, 0.717) is 0 Å². The molecule has 0 fully saturated rings. The van der Waals surface area contributed by atoms with Crippen molar-refractivity contribution in [1.29, 1.82) is 0 Å². The molecule has 0 spiro atoms. The molecule has 2 nitrogen and oxygen atoms in total. The Morgan fingerprint density at radius 1 is 0.404 bits per heavy atom. The van der Waals surface area contributed by atoms with E-state index in [4.69, 9.17) is 0 Å². The van der Waals surface area contributed by atoms with Gasteiger partial charge in [0.2, 0.25) is 0 Å². The van der Waals surface area contributed by atoms with Gasteiger partial charge in [-0.1, -0.05) is 97.1 Å². The van der Waals surface area contributed by atoms with Crippen molar-refractivity contribution in [2.24, 2.45) is 0 Å². The van der Waals surface area contributed by atoms with Crippen molar-refractivity contribution in [3.63, 3.8) is 0 Å². The van der Waals surface area contributed by atoms with Gasteiger partial charge >= 0.3 is 0 Å². The summed E-state index contributed by atoms with van der Waals surface area (Å²) < 4.78 is 2.45. The summed E-state index contributed by atoms with van der Waals surface area (Å²) in [5, 5.41) is 10.3. The monoisotopic (exact) mass is 666 g/mol. The van der Waals surface area contributed by atoms with Crippen LogP contribution in [0.3, 0.4) is 0 Å². The van der Waals surface area contributed by atoms with Crippen LogP contribution in [0, 0.1) is 27.7 Å². The van der Waals surface area contributed by atoms with E-state index < -0.39 is 0 Å². The predicted molar refractivity (Wildman–Crippen MR) is 224 cm³/mol. The highest BCUT2D eigenvalue weighted by Gasteiger charge is 2.20. The van der Waals surface area contributed by atoms with Gasteiger partial charge in [-0.25, -0.2) is 0 Å². The molecule has 1 aromatic heterocycles. The van der Waals surface area contributed by atoms with Gasteiger partial charge in [0.25, 0.3) is 0 Å². The summed E-state index contributed by atoms with van der Waals surface area (Å²) in [4.78, 5) is 2.39. The molecule has 0 aliphatic rings. The standard InChI is InChI=1S/C50H38N2/c1-31-24-32(2)27-40(26-31)51(41-28-33(3)25-34(4)29-41)39-19-14-35(15-20-39)42-21-16-36-17-23-45-49-37(18-22-44(42)48(36)49)30-46-43-12-8-9-13-47(43)52(50(45)46)38-10-6-5-7-11-38/h5-30H,1-4H3. The Kier molecular flexibility index (Phi) is 6.78. The van der Waals surface area contributed by atoms with Crippen molar-refractivity contribution in [2.75, 3.05) is 4.90 Å². The summed E-state index contributed by atoms with van der Waals surface area (Å²) in [7, 11) is 0. The molecule has 52 heavy (non-hydrogen) atoms. The van der Waals surface area contributed by atoms with E-state index >= 15 is 0 Å². The maximum absolute atomic E-state index is 2.45. The van der Waals surface area contributed by atoms with Crippen LogP contribution in [0.1, 0.15) is 22.3 Å². The molecule has 0 aliphatic heterocycles. The Bertz CT molecular complexity index is 2890. The first kappa shape index (κ1) is 30.4. The van der Waals surface area contributed by atoms with Gasteiger partial charge in [0.15, 0.2) is 0 Å². The van der Waals surface area contributed by atoms with Gasteiger partial charge in [-0.15, -0.1) is 0 Å². The molecule has 0 saturated heterocycles. The molecule has 10 rings (SSSR count). The first-order valence-electron chi connectivity index (χ1n) is 18.2. The van der Waals surface area contributed by atoms with Crippen molar-refractivity contribution < 1.29 is 0 Å². The molecule has 0 unspecified atom stereocenters. The maximum atomic E-state index is 2.45. The van der Waals surface area contributed by atoms with Crippen LogP contribution in [0.5, 0.6) is 0 Å². The Morgan fingerprint density at radius 3 is 1.67 bits per heavy atom. The fourth-order valence-corrected chi connectivity index (χ4v) is 8.82. The van der Waals surface area contributed by atoms with E-state index in [2.05, 4.69) is 195 Å². The number of hydrogen-bond acceptors (Lipinski definition) is 1. The Hall–Kier alpha value is -6.38. The molecule has 0 atom stereocenters. The molecule has 0 saturated carbocycles. The first-order valence-corrected chi connectivity index (χ1v) is 18.2. The van der Waals surface area contributed by atoms with Crippen LogP contribution in [0.25, 0.3) is 70.9 Å². The number of benzene rings is 9. The Morgan fingerprint density at radius 2 is 0.981 bits per heavy atom. The lowest BCUT2D eigenvalue weighted by Gasteiger charge is -2.27. The third kappa shape index (κ3) is 4.72. The zero-order valence-corrected chi connectivity index (χ0v) is 29.9. The first-order chi connectivity index (χ1) is 25.4. The molecule has 0 bridgehead atoms. The van der Waals surface area contributed by atoms with Crippen molar-refractivity contribution in [3.8, 4) is 16.8 Å². The number of hydrogen-bond donors (Lipinski definition) is 0. The van der Waals surface area contributed by atoms with Crippen molar-refractivity contribution in [2.45, 2.75) is 27.7 Å². The maximum Gasteiger partial charge on any atom is 0.0620 e. The summed E-state index contributed by atoms with van der Waals surface area (Å²) in [6, 6.07) is 58.7. The Labute approximate surface area is 304 Å². The van der Waals surface area contributed by atoms with Gasteiger partial charge in [-0.3, -0.25) is 0 Å². The van der Waals surface area contributed by atoms with Crippen molar-refractivity contribution in [3.05, 3.63) is 180 Å². The second-order valence-electron chi connectivity index (χ2n) is 14.6. The zero-order valence-electron chi connectivity index (χ0n) is 29.9. The number of fused-ring (bicyclic) bond motifs is 4. The topological polar surface area (TPSA) is 8.17 Å². The third-order valence-corrected chi connectivity index (χ3v) is 10.8. The quantitative estimate of drug-likeness (QED) is 0.166. The summed E-state index contributed by atoms with van der Waals surface area (Å²) in [6.45, 7) is 8.72. The van der Waals surface area contributed by atoms with Gasteiger partial charge in [0.05, 0.1) is 11.0 Å². The van der Waals surface area contributed by atoms with Crippen LogP contribution in [0.2, 0.25) is 0 Å². The largest absolute Gasteiger partial charge is 0.310 e. The average Bonchev–Trinajstić information content (AvgIpc) is 3.48. The number of rotatable bonds is 5. The highest BCUT2D eigenvalue weighted by molar-refractivity contribution is 6.32. The molecule has 10 aromatic rings. The van der Waals surface area contributed by atoms with Gasteiger partial charge in [-0.2, -0.15) is 0 Å². The fraction of sp³-hybridized carbons (Fsp3) is 0.0800. The molecule has 0 radical (unpaired) electrons. The lowest BCUT2D eigenvalue weighted by atomic mass is 9.89. The highest BCUT2D eigenvalue weighted by atomic mass is 15.1. The number of aromatic nitrogens is 1. The molecule has 9 aromatic carbocycles. The second-order valence-corrected chi connectivity index (χ2v) is 14.6. The van der Waals surface area contributed by atoms with Crippen LogP contribution in [-0.4, -0.2) is 4.57 Å². The molecule has 2 heteroatoms. The van der Waals surface area contributed by atoms with E-state index in [0.717, 1.165) is 5.69 Å². The van der Waals surface area contributed by atoms with E-state index in [1.807, 2.05) is 0 Å². The minimum absolute atomic E-state index is 1.15. The number of anilines is 3. The zero-order chi connectivity index (χ0) is 35.1. The van der Waals surface area contributed by atoms with E-state index in [1.165, 1.54) is 105 Å². The van der Waals surface area contributed by atoms with Crippen molar-refractivity contribution >= 4 is 71.2 Å². The van der Waals surface area contributed by atoms with Crippen LogP contribution >= 0.6 is 0 Å². The van der Waals surface area contributed by atoms with Gasteiger partial charge in [0, 0.05) is 38.9 Å². The van der Waals surface area contributed by atoms with E-state index in [1.54, 1.807) is 0 Å². The predicted octanol–water partition coefficient (Wildman–Crippen LogP) is 14.1. The lowest BCUT2D eigenvalue weighted by Crippen LogP contribution is -2.11. The third-order valence-electron chi connectivity index (χ3n) is 10.8. The molecule has 248 valence electrons. The summed E-state index contributed by atoms with van der Waals surface area (Å²) in [5.41, 5.74) is 14.7. The summed E-state index contributed by atoms with van der Waals surface area (Å²) >= 11 is 0. The molecule has 1 heterocycles. The SMILES string of the molecule is Cc1cc(C)cc(N(c2ccc(-c3ccc4ccc5c6c(ccc3c46)cc3c4ccccc4n(-c4ccccc4)c35)cc2)c2cc(C)cc(C)c2)c1. The molecule has 0 amide bonds.